The highest BCUT2D eigenvalue weighted by atomic mass is 32.2. The van der Waals surface area contributed by atoms with E-state index in [0.717, 1.165) is 17.8 Å². The summed E-state index contributed by atoms with van der Waals surface area (Å²) in [5.74, 6) is -0.340. The van der Waals surface area contributed by atoms with Crippen LogP contribution in [0.15, 0.2) is 28.6 Å². The van der Waals surface area contributed by atoms with Crippen molar-refractivity contribution in [3.63, 3.8) is 0 Å². The number of carbonyl (C=O) groups is 1. The Labute approximate surface area is 163 Å². The van der Waals surface area contributed by atoms with Crippen LogP contribution in [0.25, 0.3) is 10.6 Å². The second-order valence-corrected chi connectivity index (χ2v) is 9.10. The topological polar surface area (TPSA) is 65.8 Å². The van der Waals surface area contributed by atoms with E-state index in [-0.39, 0.29) is 16.6 Å². The number of amides is 1. The molecule has 1 N–H and O–H groups in total. The van der Waals surface area contributed by atoms with Crippen molar-refractivity contribution in [2.75, 3.05) is 0 Å². The molecule has 2 heterocycles. The first-order valence-electron chi connectivity index (χ1n) is 7.97. The van der Waals surface area contributed by atoms with Gasteiger partial charge in [-0.25, -0.2) is 4.98 Å². The fraction of sp³-hybridized carbons (Fsp3) is 0.389. The first kappa shape index (κ1) is 21.3. The average molecular weight is 413 g/mol. The molecule has 0 unspecified atom stereocenters. The van der Waals surface area contributed by atoms with Gasteiger partial charge in [0.2, 0.25) is 5.91 Å². The van der Waals surface area contributed by atoms with Gasteiger partial charge in [0.1, 0.15) is 11.1 Å². The SMILES string of the molecule is C[C@@H](Sc1nc(-c2cccs2)cc(C(F)(F)F)c1C#N)C(=O)NC(C)(C)C. The molecule has 2 rings (SSSR count). The molecule has 144 valence electrons. The van der Waals surface area contributed by atoms with Crippen molar-refractivity contribution in [3.05, 3.63) is 34.7 Å². The van der Waals surface area contributed by atoms with Crippen LogP contribution in [0.4, 0.5) is 13.2 Å². The van der Waals surface area contributed by atoms with E-state index in [2.05, 4.69) is 10.3 Å². The van der Waals surface area contributed by atoms with Gasteiger partial charge >= 0.3 is 6.18 Å². The van der Waals surface area contributed by atoms with E-state index in [1.807, 2.05) is 0 Å². The zero-order valence-electron chi connectivity index (χ0n) is 15.1. The molecule has 27 heavy (non-hydrogen) atoms. The second kappa shape index (κ2) is 7.90. The first-order valence-corrected chi connectivity index (χ1v) is 9.73. The van der Waals surface area contributed by atoms with E-state index in [1.165, 1.54) is 11.3 Å². The Morgan fingerprint density at radius 3 is 2.52 bits per heavy atom. The van der Waals surface area contributed by atoms with Gasteiger partial charge in [-0.15, -0.1) is 11.3 Å². The summed E-state index contributed by atoms with van der Waals surface area (Å²) in [5, 5.41) is 13.0. The maximum atomic E-state index is 13.5. The van der Waals surface area contributed by atoms with Crippen molar-refractivity contribution < 1.29 is 18.0 Å². The van der Waals surface area contributed by atoms with E-state index >= 15 is 0 Å². The van der Waals surface area contributed by atoms with Crippen molar-refractivity contribution in [1.29, 1.82) is 5.26 Å². The minimum absolute atomic E-state index is 0.104. The smallest absolute Gasteiger partial charge is 0.351 e. The Morgan fingerprint density at radius 2 is 2.04 bits per heavy atom. The number of carbonyl (C=O) groups excluding carboxylic acids is 1. The number of nitriles is 1. The van der Waals surface area contributed by atoms with E-state index in [1.54, 1.807) is 51.3 Å². The summed E-state index contributed by atoms with van der Waals surface area (Å²) < 4.78 is 40.5. The lowest BCUT2D eigenvalue weighted by Crippen LogP contribution is -2.44. The molecule has 4 nitrogen and oxygen atoms in total. The molecule has 0 fully saturated rings. The maximum Gasteiger partial charge on any atom is 0.417 e. The number of hydrogen-bond acceptors (Lipinski definition) is 5. The zero-order chi connectivity index (χ0) is 20.4. The molecule has 0 aliphatic carbocycles. The van der Waals surface area contributed by atoms with Gasteiger partial charge in [-0.05, 0) is 45.2 Å². The summed E-state index contributed by atoms with van der Waals surface area (Å²) in [4.78, 5) is 17.1. The zero-order valence-corrected chi connectivity index (χ0v) is 16.8. The van der Waals surface area contributed by atoms with Gasteiger partial charge in [0.15, 0.2) is 0 Å². The first-order chi connectivity index (χ1) is 12.4. The molecule has 0 aliphatic rings. The fourth-order valence-electron chi connectivity index (χ4n) is 2.18. The van der Waals surface area contributed by atoms with E-state index < -0.39 is 28.1 Å². The van der Waals surface area contributed by atoms with E-state index in [4.69, 9.17) is 0 Å². The van der Waals surface area contributed by atoms with Gasteiger partial charge in [-0.1, -0.05) is 17.8 Å². The summed E-state index contributed by atoms with van der Waals surface area (Å²) in [6.45, 7) is 6.99. The van der Waals surface area contributed by atoms with Crippen LogP contribution in [0.1, 0.15) is 38.8 Å². The Kier molecular flexibility index (Phi) is 6.22. The van der Waals surface area contributed by atoms with Gasteiger partial charge in [-0.2, -0.15) is 18.4 Å². The standard InChI is InChI=1S/C18H18F3N3OS2/c1-10(15(25)24-17(2,3)4)27-16-11(9-22)12(18(19,20)21)8-13(23-16)14-6-5-7-26-14/h5-8,10H,1-4H3,(H,24,25)/t10-/m1/s1. The number of thiophene rings is 1. The predicted molar refractivity (Wildman–Crippen MR) is 100 cm³/mol. The summed E-state index contributed by atoms with van der Waals surface area (Å²) in [5.41, 5.74) is -1.97. The summed E-state index contributed by atoms with van der Waals surface area (Å²) in [6, 6.07) is 5.85. The van der Waals surface area contributed by atoms with Crippen molar-refractivity contribution in [1.82, 2.24) is 10.3 Å². The molecule has 0 spiro atoms. The third-order valence-corrected chi connectivity index (χ3v) is 5.31. The van der Waals surface area contributed by atoms with Gasteiger partial charge in [0, 0.05) is 5.54 Å². The van der Waals surface area contributed by atoms with Crippen LogP contribution < -0.4 is 5.32 Å². The molecule has 0 saturated carbocycles. The third kappa shape index (κ3) is 5.47. The molecule has 0 saturated heterocycles. The number of aromatic nitrogens is 1. The molecule has 0 radical (unpaired) electrons. The predicted octanol–water partition coefficient (Wildman–Crippen LogP) is 5.10. The molecular formula is C18H18F3N3OS2. The molecule has 2 aromatic heterocycles. The molecule has 0 aliphatic heterocycles. The highest BCUT2D eigenvalue weighted by Gasteiger charge is 2.36. The van der Waals surface area contributed by atoms with Crippen LogP contribution in [-0.2, 0) is 11.0 Å². The van der Waals surface area contributed by atoms with Gasteiger partial charge in [0.05, 0.1) is 26.9 Å². The number of pyridine rings is 1. The maximum absolute atomic E-state index is 13.5. The lowest BCUT2D eigenvalue weighted by Gasteiger charge is -2.23. The molecule has 0 aromatic carbocycles. The van der Waals surface area contributed by atoms with Crippen molar-refractivity contribution in [2.45, 2.75) is 49.7 Å². The molecule has 0 bridgehead atoms. The van der Waals surface area contributed by atoms with E-state index in [9.17, 15) is 23.2 Å². The van der Waals surface area contributed by atoms with Crippen LogP contribution in [0.3, 0.4) is 0 Å². The second-order valence-electron chi connectivity index (χ2n) is 6.82. The van der Waals surface area contributed by atoms with Crippen molar-refractivity contribution >= 4 is 29.0 Å². The van der Waals surface area contributed by atoms with Gasteiger partial charge in [-0.3, -0.25) is 4.79 Å². The largest absolute Gasteiger partial charge is 0.417 e. The lowest BCUT2D eigenvalue weighted by atomic mass is 10.1. The molecule has 1 atom stereocenters. The Balaban J connectivity index is 2.49. The molecular weight excluding hydrogens is 395 g/mol. The van der Waals surface area contributed by atoms with E-state index in [0.29, 0.717) is 4.88 Å². The fourth-order valence-corrected chi connectivity index (χ4v) is 3.79. The summed E-state index contributed by atoms with van der Waals surface area (Å²) in [6.07, 6.45) is -4.70. The number of rotatable bonds is 4. The number of nitrogens with zero attached hydrogens (tertiary/aromatic N) is 2. The van der Waals surface area contributed by atoms with Crippen LogP contribution in [0.5, 0.6) is 0 Å². The van der Waals surface area contributed by atoms with Crippen LogP contribution in [0, 0.1) is 11.3 Å². The number of nitrogens with one attached hydrogen (secondary N) is 1. The number of thioether (sulfide) groups is 1. The Bertz CT molecular complexity index is 866. The number of halogens is 3. The quantitative estimate of drug-likeness (QED) is 0.709. The lowest BCUT2D eigenvalue weighted by molar-refractivity contribution is -0.138. The third-order valence-electron chi connectivity index (χ3n) is 3.33. The van der Waals surface area contributed by atoms with Crippen LogP contribution in [0.2, 0.25) is 0 Å². The highest BCUT2D eigenvalue weighted by molar-refractivity contribution is 8.00. The number of hydrogen-bond donors (Lipinski definition) is 1. The molecule has 2 aromatic rings. The van der Waals surface area contributed by atoms with Crippen molar-refractivity contribution in [2.24, 2.45) is 0 Å². The van der Waals surface area contributed by atoms with Crippen molar-refractivity contribution in [3.8, 4) is 16.6 Å². The summed E-state index contributed by atoms with van der Waals surface area (Å²) >= 11 is 2.09. The normalized spacial score (nSPS) is 13.1. The Hall–Kier alpha value is -2.05. The van der Waals surface area contributed by atoms with Gasteiger partial charge in [0.25, 0.3) is 0 Å². The highest BCUT2D eigenvalue weighted by Crippen LogP contribution is 2.39. The minimum Gasteiger partial charge on any atom is -0.351 e. The minimum atomic E-state index is -4.70. The Morgan fingerprint density at radius 1 is 1.37 bits per heavy atom. The van der Waals surface area contributed by atoms with Crippen LogP contribution in [-0.4, -0.2) is 21.7 Å². The molecule has 9 heteroatoms. The summed E-state index contributed by atoms with van der Waals surface area (Å²) in [7, 11) is 0. The van der Waals surface area contributed by atoms with Gasteiger partial charge < -0.3 is 5.32 Å². The average Bonchev–Trinajstić information content (AvgIpc) is 3.06. The van der Waals surface area contributed by atoms with Crippen LogP contribution >= 0.6 is 23.1 Å². The number of alkyl halides is 3. The monoisotopic (exact) mass is 413 g/mol. The molecule has 1 amide bonds.